The highest BCUT2D eigenvalue weighted by Gasteiger charge is 2.21. The van der Waals surface area contributed by atoms with Crippen LogP contribution in [0.5, 0.6) is 5.75 Å². The molecule has 0 bridgehead atoms. The lowest BCUT2D eigenvalue weighted by atomic mass is 10.0. The van der Waals surface area contributed by atoms with Crippen molar-refractivity contribution in [1.82, 2.24) is 0 Å². The van der Waals surface area contributed by atoms with Gasteiger partial charge in [-0.15, -0.1) is 0 Å². The maximum Gasteiger partial charge on any atom is 0.310 e. The number of carboxylic acid groups (broad SMARTS) is 1. The minimum atomic E-state index is -0.881. The van der Waals surface area contributed by atoms with Crippen molar-refractivity contribution in [3.05, 3.63) is 30.0 Å². The molecule has 16 heavy (non-hydrogen) atoms. The molecule has 0 saturated heterocycles. The van der Waals surface area contributed by atoms with E-state index in [1.807, 2.05) is 0 Å². The molecule has 1 N–H and O–H groups in total. The van der Waals surface area contributed by atoms with Crippen LogP contribution in [0.4, 0.5) is 0 Å². The Labute approximate surface area is 92.4 Å². The number of carbonyl (C=O) groups is 1. The Hall–Kier alpha value is -1.97. The van der Waals surface area contributed by atoms with Crippen LogP contribution in [0.2, 0.25) is 0 Å². The van der Waals surface area contributed by atoms with Crippen LogP contribution in [0.1, 0.15) is 18.4 Å². The van der Waals surface area contributed by atoms with Crippen molar-refractivity contribution in [3.63, 3.8) is 0 Å². The Balaban J connectivity index is 2.67. The predicted octanol–water partition coefficient (Wildman–Crippen LogP) is 2.63. The number of aliphatic carboxylic acids is 1. The van der Waals surface area contributed by atoms with Gasteiger partial charge in [-0.05, 0) is 19.1 Å². The minimum absolute atomic E-state index is 0.613. The van der Waals surface area contributed by atoms with E-state index in [1.54, 1.807) is 32.2 Å². The standard InChI is InChI=1S/C12H12O4/c1-7(12(13)14)8-6-16-10-5-3-4-9(15-2)11(8)10/h3-7H,1-2H3,(H,13,14). The van der Waals surface area contributed by atoms with Crippen molar-refractivity contribution in [2.45, 2.75) is 12.8 Å². The van der Waals surface area contributed by atoms with Gasteiger partial charge in [-0.1, -0.05) is 6.07 Å². The third-order valence-corrected chi connectivity index (χ3v) is 2.65. The highest BCUT2D eigenvalue weighted by molar-refractivity contribution is 5.92. The number of furan rings is 1. The average molecular weight is 220 g/mol. The Morgan fingerprint density at radius 1 is 1.50 bits per heavy atom. The summed E-state index contributed by atoms with van der Waals surface area (Å²) in [6.45, 7) is 1.62. The number of fused-ring (bicyclic) bond motifs is 1. The molecule has 0 aliphatic rings. The maximum atomic E-state index is 11.0. The fourth-order valence-electron chi connectivity index (χ4n) is 1.70. The number of hydrogen-bond acceptors (Lipinski definition) is 3. The van der Waals surface area contributed by atoms with E-state index in [9.17, 15) is 4.79 Å². The minimum Gasteiger partial charge on any atom is -0.496 e. The van der Waals surface area contributed by atoms with Gasteiger partial charge in [0.15, 0.2) is 0 Å². The second-order valence-corrected chi connectivity index (χ2v) is 3.58. The van der Waals surface area contributed by atoms with Crippen molar-refractivity contribution in [1.29, 1.82) is 0 Å². The predicted molar refractivity (Wildman–Crippen MR) is 58.8 cm³/mol. The van der Waals surface area contributed by atoms with Crippen molar-refractivity contribution >= 4 is 16.9 Å². The summed E-state index contributed by atoms with van der Waals surface area (Å²) in [5.74, 6) is -0.861. The molecule has 1 atom stereocenters. The van der Waals surface area contributed by atoms with E-state index in [0.29, 0.717) is 16.9 Å². The monoisotopic (exact) mass is 220 g/mol. The maximum absolute atomic E-state index is 11.0. The van der Waals surface area contributed by atoms with Crippen molar-refractivity contribution < 1.29 is 19.1 Å². The number of benzene rings is 1. The fraction of sp³-hybridized carbons (Fsp3) is 0.250. The van der Waals surface area contributed by atoms with Crippen LogP contribution in [0, 0.1) is 0 Å². The van der Waals surface area contributed by atoms with Gasteiger partial charge in [-0.25, -0.2) is 0 Å². The zero-order valence-corrected chi connectivity index (χ0v) is 9.06. The van der Waals surface area contributed by atoms with E-state index in [-0.39, 0.29) is 0 Å². The molecule has 0 fully saturated rings. The van der Waals surface area contributed by atoms with Crippen LogP contribution in [-0.4, -0.2) is 18.2 Å². The second kappa shape index (κ2) is 3.89. The van der Waals surface area contributed by atoms with Crippen LogP contribution in [0.25, 0.3) is 11.0 Å². The van der Waals surface area contributed by atoms with E-state index < -0.39 is 11.9 Å². The summed E-state index contributed by atoms with van der Waals surface area (Å²) in [5, 5.41) is 9.73. The zero-order chi connectivity index (χ0) is 11.7. The lowest BCUT2D eigenvalue weighted by Gasteiger charge is -2.06. The van der Waals surface area contributed by atoms with Gasteiger partial charge in [-0.2, -0.15) is 0 Å². The molecular weight excluding hydrogens is 208 g/mol. The summed E-state index contributed by atoms with van der Waals surface area (Å²) in [6.07, 6.45) is 1.48. The van der Waals surface area contributed by atoms with E-state index >= 15 is 0 Å². The lowest BCUT2D eigenvalue weighted by Crippen LogP contribution is -2.06. The van der Waals surface area contributed by atoms with Crippen LogP contribution >= 0.6 is 0 Å². The first-order valence-electron chi connectivity index (χ1n) is 4.92. The number of ether oxygens (including phenoxy) is 1. The summed E-state index contributed by atoms with van der Waals surface area (Å²) in [4.78, 5) is 11.0. The van der Waals surface area contributed by atoms with E-state index in [2.05, 4.69) is 0 Å². The highest BCUT2D eigenvalue weighted by atomic mass is 16.5. The zero-order valence-electron chi connectivity index (χ0n) is 9.06. The Morgan fingerprint density at radius 2 is 2.25 bits per heavy atom. The molecule has 0 aliphatic carbocycles. The molecule has 0 amide bonds. The first-order chi connectivity index (χ1) is 7.65. The van der Waals surface area contributed by atoms with Crippen LogP contribution in [-0.2, 0) is 4.79 Å². The van der Waals surface area contributed by atoms with Crippen molar-refractivity contribution in [2.24, 2.45) is 0 Å². The normalized spacial score (nSPS) is 12.6. The Morgan fingerprint density at radius 3 is 2.88 bits per heavy atom. The quantitative estimate of drug-likeness (QED) is 0.863. The van der Waals surface area contributed by atoms with Crippen molar-refractivity contribution in [2.75, 3.05) is 7.11 Å². The van der Waals surface area contributed by atoms with Crippen LogP contribution in [0.3, 0.4) is 0 Å². The van der Waals surface area contributed by atoms with Crippen LogP contribution < -0.4 is 4.74 Å². The van der Waals surface area contributed by atoms with Gasteiger partial charge in [0.05, 0.1) is 24.7 Å². The molecule has 0 radical (unpaired) electrons. The molecule has 0 spiro atoms. The summed E-state index contributed by atoms with van der Waals surface area (Å²) >= 11 is 0. The van der Waals surface area contributed by atoms with Gasteiger partial charge in [0, 0.05) is 5.56 Å². The SMILES string of the molecule is COc1cccc2occ(C(C)C(=O)O)c12. The first kappa shape index (κ1) is 10.5. The largest absolute Gasteiger partial charge is 0.496 e. The van der Waals surface area contributed by atoms with E-state index in [4.69, 9.17) is 14.3 Å². The van der Waals surface area contributed by atoms with Crippen molar-refractivity contribution in [3.8, 4) is 5.75 Å². The van der Waals surface area contributed by atoms with Crippen LogP contribution in [0.15, 0.2) is 28.9 Å². The third-order valence-electron chi connectivity index (χ3n) is 2.65. The molecule has 0 aliphatic heterocycles. The van der Waals surface area contributed by atoms with Gasteiger partial charge in [0.25, 0.3) is 0 Å². The number of rotatable bonds is 3. The number of hydrogen-bond donors (Lipinski definition) is 1. The molecule has 0 saturated carbocycles. The summed E-state index contributed by atoms with van der Waals surface area (Å²) in [6, 6.07) is 5.38. The molecule has 4 heteroatoms. The highest BCUT2D eigenvalue weighted by Crippen LogP contribution is 2.34. The molecule has 2 aromatic rings. The number of carboxylic acids is 1. The summed E-state index contributed by atoms with van der Waals surface area (Å²) in [5.41, 5.74) is 1.28. The smallest absolute Gasteiger partial charge is 0.310 e. The van der Waals surface area contributed by atoms with E-state index in [0.717, 1.165) is 5.39 Å². The fourth-order valence-corrected chi connectivity index (χ4v) is 1.70. The molecule has 1 unspecified atom stereocenters. The topological polar surface area (TPSA) is 59.7 Å². The second-order valence-electron chi connectivity index (χ2n) is 3.58. The van der Waals surface area contributed by atoms with E-state index in [1.165, 1.54) is 6.26 Å². The average Bonchev–Trinajstić information content (AvgIpc) is 2.71. The third kappa shape index (κ3) is 1.52. The molecule has 1 aromatic carbocycles. The van der Waals surface area contributed by atoms with Gasteiger partial charge in [-0.3, -0.25) is 4.79 Å². The number of methoxy groups -OCH3 is 1. The molecular formula is C12H12O4. The van der Waals surface area contributed by atoms with Gasteiger partial charge >= 0.3 is 5.97 Å². The molecule has 84 valence electrons. The van der Waals surface area contributed by atoms with Gasteiger partial charge in [0.1, 0.15) is 11.3 Å². The molecule has 1 aromatic heterocycles. The molecule has 4 nitrogen and oxygen atoms in total. The Kier molecular flexibility index (Phi) is 2.56. The van der Waals surface area contributed by atoms with Gasteiger partial charge in [0.2, 0.25) is 0 Å². The lowest BCUT2D eigenvalue weighted by molar-refractivity contribution is -0.138. The first-order valence-corrected chi connectivity index (χ1v) is 4.92. The summed E-state index contributed by atoms with van der Waals surface area (Å²) in [7, 11) is 1.55. The van der Waals surface area contributed by atoms with Gasteiger partial charge < -0.3 is 14.3 Å². The Bertz CT molecular complexity index is 527. The summed E-state index contributed by atoms with van der Waals surface area (Å²) < 4.78 is 10.5. The molecule has 2 rings (SSSR count). The molecule has 1 heterocycles.